The van der Waals surface area contributed by atoms with Crippen molar-refractivity contribution in [2.75, 3.05) is 19.8 Å². The Balaban J connectivity index is 1.62. The number of hydrogen-bond acceptors (Lipinski definition) is 13. The van der Waals surface area contributed by atoms with E-state index in [0.29, 0.717) is 12.8 Å². The number of carbonyl (C=O) groups excluding carboxylic acids is 1. The number of hydrogen-bond donors (Lipinski definition) is 9. The molecule has 1 amide bonds. The molecule has 0 aliphatic carbocycles. The highest BCUT2D eigenvalue weighted by Crippen LogP contribution is 2.30. The van der Waals surface area contributed by atoms with Gasteiger partial charge in [-0.3, -0.25) is 4.79 Å². The number of unbranched alkanes of at least 4 members (excludes halogenated alkanes) is 50. The van der Waals surface area contributed by atoms with Gasteiger partial charge in [0.15, 0.2) is 12.6 Å². The van der Waals surface area contributed by atoms with Gasteiger partial charge in [0.1, 0.15) is 48.8 Å². The molecule has 86 heavy (non-hydrogen) atoms. The van der Waals surface area contributed by atoms with Gasteiger partial charge in [0.2, 0.25) is 5.91 Å². The summed E-state index contributed by atoms with van der Waals surface area (Å²) in [6, 6.07) is -0.824. The molecule has 0 radical (unpaired) electrons. The Hall–Kier alpha value is -1.01. The summed E-state index contributed by atoms with van der Waals surface area (Å²) in [5.41, 5.74) is 0. The Morgan fingerprint density at radius 1 is 0.372 bits per heavy atom. The summed E-state index contributed by atoms with van der Waals surface area (Å²) >= 11 is 0. The molecule has 12 atom stereocenters. The van der Waals surface area contributed by atoms with Gasteiger partial charge in [0.05, 0.1) is 32.0 Å². The van der Waals surface area contributed by atoms with Crippen molar-refractivity contribution in [2.24, 2.45) is 0 Å². The predicted molar refractivity (Wildman–Crippen MR) is 351 cm³/mol. The van der Waals surface area contributed by atoms with Gasteiger partial charge < -0.3 is 65.1 Å². The van der Waals surface area contributed by atoms with E-state index in [4.69, 9.17) is 18.9 Å². The molecule has 0 aromatic rings. The largest absolute Gasteiger partial charge is 0.394 e. The van der Waals surface area contributed by atoms with Crippen molar-refractivity contribution in [1.29, 1.82) is 0 Å². The summed E-state index contributed by atoms with van der Waals surface area (Å²) in [5.74, 6) is -0.197. The average Bonchev–Trinajstić information content (AvgIpc) is 2.54. The molecule has 2 rings (SSSR count). The molecule has 2 aliphatic rings. The van der Waals surface area contributed by atoms with Crippen LogP contribution in [0.2, 0.25) is 0 Å². The number of nitrogens with one attached hydrogen (secondary N) is 1. The molecular weight excluding hydrogens is 1090 g/mol. The van der Waals surface area contributed by atoms with Gasteiger partial charge in [0.25, 0.3) is 0 Å². The van der Waals surface area contributed by atoms with Gasteiger partial charge >= 0.3 is 0 Å². The summed E-state index contributed by atoms with van der Waals surface area (Å²) in [5, 5.41) is 87.7. The van der Waals surface area contributed by atoms with Crippen molar-refractivity contribution in [2.45, 2.75) is 434 Å². The summed E-state index contributed by atoms with van der Waals surface area (Å²) in [4.78, 5) is 13.4. The predicted octanol–water partition coefficient (Wildman–Crippen LogP) is 15.6. The topological polar surface area (TPSA) is 228 Å². The lowest BCUT2D eigenvalue weighted by atomic mass is 9.97. The highest BCUT2D eigenvalue weighted by molar-refractivity contribution is 5.76. The lowest BCUT2D eigenvalue weighted by Crippen LogP contribution is -2.65. The number of rotatable bonds is 63. The molecule has 12 unspecified atom stereocenters. The minimum atomic E-state index is -1.78. The van der Waals surface area contributed by atoms with E-state index in [1.807, 2.05) is 0 Å². The molecular formula is C72H141NO13. The van der Waals surface area contributed by atoms with Gasteiger partial charge in [-0.15, -0.1) is 0 Å². The molecule has 2 fully saturated rings. The molecule has 0 bridgehead atoms. The zero-order valence-corrected chi connectivity index (χ0v) is 55.9. The van der Waals surface area contributed by atoms with Crippen molar-refractivity contribution in [1.82, 2.24) is 5.32 Å². The van der Waals surface area contributed by atoms with Gasteiger partial charge in [-0.25, -0.2) is 0 Å². The molecule has 0 spiro atoms. The van der Waals surface area contributed by atoms with Crippen molar-refractivity contribution in [3.05, 3.63) is 0 Å². The summed E-state index contributed by atoms with van der Waals surface area (Å²) < 4.78 is 23.0. The Morgan fingerprint density at radius 2 is 0.663 bits per heavy atom. The van der Waals surface area contributed by atoms with E-state index in [-0.39, 0.29) is 12.5 Å². The number of aliphatic hydroxyl groups excluding tert-OH is 8. The highest BCUT2D eigenvalue weighted by Gasteiger charge is 2.51. The second-order valence-corrected chi connectivity index (χ2v) is 26.8. The third-order valence-electron chi connectivity index (χ3n) is 18.8. The van der Waals surface area contributed by atoms with E-state index < -0.39 is 86.8 Å². The van der Waals surface area contributed by atoms with E-state index in [2.05, 4.69) is 19.2 Å². The monoisotopic (exact) mass is 1230 g/mol. The highest BCUT2D eigenvalue weighted by atomic mass is 16.7. The lowest BCUT2D eigenvalue weighted by molar-refractivity contribution is -0.359. The van der Waals surface area contributed by atoms with Crippen LogP contribution in [0.25, 0.3) is 0 Å². The normalized spacial score (nSPS) is 23.3. The zero-order valence-electron chi connectivity index (χ0n) is 55.9. The maximum Gasteiger partial charge on any atom is 0.220 e. The van der Waals surface area contributed by atoms with Crippen LogP contribution in [0.3, 0.4) is 0 Å². The van der Waals surface area contributed by atoms with Crippen LogP contribution in [0.15, 0.2) is 0 Å². The maximum absolute atomic E-state index is 13.4. The first kappa shape index (κ1) is 81.1. The van der Waals surface area contributed by atoms with Crippen molar-refractivity contribution < 1.29 is 64.6 Å². The van der Waals surface area contributed by atoms with Gasteiger partial charge in [-0.2, -0.15) is 0 Å². The van der Waals surface area contributed by atoms with Crippen LogP contribution in [0.4, 0.5) is 0 Å². The van der Waals surface area contributed by atoms with E-state index >= 15 is 0 Å². The van der Waals surface area contributed by atoms with Crippen LogP contribution >= 0.6 is 0 Å². The molecule has 2 saturated heterocycles. The summed E-state index contributed by atoms with van der Waals surface area (Å²) in [7, 11) is 0. The molecule has 512 valence electrons. The lowest BCUT2D eigenvalue weighted by Gasteiger charge is -2.46. The van der Waals surface area contributed by atoms with E-state index in [1.54, 1.807) is 0 Å². The van der Waals surface area contributed by atoms with Crippen molar-refractivity contribution in [3.8, 4) is 0 Å². The smallest absolute Gasteiger partial charge is 0.220 e. The van der Waals surface area contributed by atoms with Gasteiger partial charge in [0, 0.05) is 6.42 Å². The Kier molecular flexibility index (Phi) is 54.5. The summed E-state index contributed by atoms with van der Waals surface area (Å²) in [6.45, 7) is 2.94. The Bertz CT molecular complexity index is 1450. The molecule has 0 saturated carbocycles. The maximum atomic E-state index is 13.4. The van der Waals surface area contributed by atoms with E-state index in [9.17, 15) is 45.6 Å². The number of amides is 1. The summed E-state index contributed by atoms with van der Waals surface area (Å²) in [6.07, 6.45) is 52.7. The molecule has 2 aliphatic heterocycles. The van der Waals surface area contributed by atoms with Crippen molar-refractivity contribution in [3.63, 3.8) is 0 Å². The number of aliphatic hydroxyl groups is 8. The SMILES string of the molecule is CCCCCCCCCCCCCCCCCCCCCCCCCCCCCCCCCC(O)C(COC1OC(CO)C(OC2OC(CO)C(O)C(O)C2O)C(O)C1O)NC(=O)CCCCCCCCCCCCCCCCCCCCCCC. The molecule has 14 nitrogen and oxygen atoms in total. The van der Waals surface area contributed by atoms with Crippen LogP contribution in [-0.4, -0.2) is 140 Å². The van der Waals surface area contributed by atoms with Crippen LogP contribution in [-0.2, 0) is 23.7 Å². The van der Waals surface area contributed by atoms with Crippen molar-refractivity contribution >= 4 is 5.91 Å². The molecule has 14 heteroatoms. The van der Waals surface area contributed by atoms with Crippen LogP contribution < -0.4 is 5.32 Å². The van der Waals surface area contributed by atoms with E-state index in [0.717, 1.165) is 51.4 Å². The third kappa shape index (κ3) is 41.5. The molecule has 2 heterocycles. The van der Waals surface area contributed by atoms with E-state index in [1.165, 1.54) is 283 Å². The van der Waals surface area contributed by atoms with Crippen LogP contribution in [0.5, 0.6) is 0 Å². The molecule has 0 aromatic heterocycles. The molecule has 0 aromatic carbocycles. The van der Waals surface area contributed by atoms with Gasteiger partial charge in [-0.1, -0.05) is 341 Å². The Labute approximate surface area is 527 Å². The van der Waals surface area contributed by atoms with Crippen LogP contribution in [0, 0.1) is 0 Å². The Morgan fingerprint density at radius 3 is 0.988 bits per heavy atom. The molecule has 9 N–H and O–H groups in total. The minimum absolute atomic E-state index is 0.197. The fourth-order valence-corrected chi connectivity index (χ4v) is 12.9. The standard InChI is InChI=1S/C72H141NO13/c1-3-5-7-9-11-13-15-17-19-21-23-25-26-27-28-29-30-31-32-33-34-36-37-39-41-43-45-47-49-51-53-55-61(76)60(59-83-71-69(82)67(80)70(63(58-75)85-71)86-72-68(81)66(79)65(78)62(57-74)84-72)73-64(77)56-54-52-50-48-46-44-42-40-38-35-24-22-20-18-16-14-12-10-8-6-4-2/h60-63,65-72,74-76,78-82H,3-59H2,1-2H3,(H,73,77). The van der Waals surface area contributed by atoms with Gasteiger partial charge in [-0.05, 0) is 12.8 Å². The second-order valence-electron chi connectivity index (χ2n) is 26.8. The first-order chi connectivity index (χ1) is 42.1. The quantitative estimate of drug-likeness (QED) is 0.0259. The fourth-order valence-electron chi connectivity index (χ4n) is 12.9. The van der Waals surface area contributed by atoms with Crippen LogP contribution in [0.1, 0.15) is 361 Å². The first-order valence-corrected chi connectivity index (χ1v) is 37.3. The first-order valence-electron chi connectivity index (χ1n) is 37.3. The number of carbonyl (C=O) groups is 1. The second kappa shape index (κ2) is 57.9. The third-order valence-corrected chi connectivity index (χ3v) is 18.8. The minimum Gasteiger partial charge on any atom is -0.394 e. The fraction of sp³-hybridized carbons (Fsp3) is 0.986. The average molecular weight is 1230 g/mol. The number of ether oxygens (including phenoxy) is 4. The zero-order chi connectivity index (χ0) is 62.3.